The van der Waals surface area contributed by atoms with Crippen molar-refractivity contribution in [3.05, 3.63) is 35.9 Å². The summed E-state index contributed by atoms with van der Waals surface area (Å²) in [5.74, 6) is 0. The molecule has 19 heavy (non-hydrogen) atoms. The van der Waals surface area contributed by atoms with Crippen molar-refractivity contribution in [3.63, 3.8) is 0 Å². The minimum absolute atomic E-state index is 0.0250. The van der Waals surface area contributed by atoms with Crippen LogP contribution in [0.3, 0.4) is 0 Å². The molecule has 1 aromatic carbocycles. The molecule has 0 bridgehead atoms. The molecule has 0 spiro atoms. The minimum Gasteiger partial charge on any atom is -0.395 e. The number of ether oxygens (including phenoxy) is 1. The molecule has 0 aliphatic rings. The highest BCUT2D eigenvalue weighted by Gasteiger charge is 2.31. The predicted molar refractivity (Wildman–Crippen MR) is 67.0 cm³/mol. The molecule has 1 aromatic rings. The van der Waals surface area contributed by atoms with Crippen LogP contribution in [0.15, 0.2) is 30.3 Å². The van der Waals surface area contributed by atoms with Gasteiger partial charge in [0.25, 0.3) is 0 Å². The van der Waals surface area contributed by atoms with Crippen molar-refractivity contribution >= 4 is 0 Å². The first-order valence-corrected chi connectivity index (χ1v) is 6.24. The normalized spacial score (nSPS) is 15.2. The number of benzene rings is 1. The van der Waals surface area contributed by atoms with Gasteiger partial charge in [-0.25, -0.2) is 0 Å². The van der Waals surface area contributed by atoms with Crippen LogP contribution in [-0.4, -0.2) is 31.1 Å². The summed E-state index contributed by atoms with van der Waals surface area (Å²) in [5.41, 5.74) is 0.392. The van der Waals surface area contributed by atoms with Crippen LogP contribution in [0.4, 0.5) is 13.2 Å². The van der Waals surface area contributed by atoms with E-state index in [4.69, 9.17) is 0 Å². The van der Waals surface area contributed by atoms with Gasteiger partial charge in [-0.2, -0.15) is 13.2 Å². The monoisotopic (exact) mass is 276 g/mol. The maximum absolute atomic E-state index is 12.0. The van der Waals surface area contributed by atoms with Gasteiger partial charge in [0, 0.05) is 12.0 Å². The van der Waals surface area contributed by atoms with Gasteiger partial charge in [0.2, 0.25) is 0 Å². The summed E-state index contributed by atoms with van der Waals surface area (Å²) < 4.78 is 40.6. The molecule has 0 heterocycles. The summed E-state index contributed by atoms with van der Waals surface area (Å²) in [4.78, 5) is 0. The van der Waals surface area contributed by atoms with E-state index in [0.29, 0.717) is 12.8 Å². The maximum Gasteiger partial charge on any atom is 0.411 e. The second-order valence-electron chi connectivity index (χ2n) is 4.58. The van der Waals surface area contributed by atoms with Gasteiger partial charge >= 0.3 is 6.18 Å². The number of hydrogen-bond donors (Lipinski definition) is 1. The number of rotatable bonds is 7. The predicted octanol–water partition coefficient (Wildman–Crippen LogP) is 3.30. The fraction of sp³-hybridized carbons (Fsp3) is 0.571. The Morgan fingerprint density at radius 3 is 2.26 bits per heavy atom. The van der Waals surface area contributed by atoms with E-state index in [2.05, 4.69) is 4.74 Å². The van der Waals surface area contributed by atoms with E-state index in [-0.39, 0.29) is 13.2 Å². The molecule has 0 fully saturated rings. The van der Waals surface area contributed by atoms with Crippen LogP contribution in [-0.2, 0) is 10.2 Å². The molecule has 0 aliphatic carbocycles. The molecule has 1 atom stereocenters. The largest absolute Gasteiger partial charge is 0.411 e. The maximum atomic E-state index is 12.0. The van der Waals surface area contributed by atoms with Gasteiger partial charge in [0.1, 0.15) is 6.61 Å². The van der Waals surface area contributed by atoms with E-state index in [0.717, 1.165) is 5.56 Å². The zero-order valence-corrected chi connectivity index (χ0v) is 10.9. The van der Waals surface area contributed by atoms with E-state index in [1.54, 1.807) is 0 Å². The van der Waals surface area contributed by atoms with Gasteiger partial charge in [-0.1, -0.05) is 37.3 Å². The van der Waals surface area contributed by atoms with E-state index < -0.39 is 18.2 Å². The topological polar surface area (TPSA) is 29.5 Å². The van der Waals surface area contributed by atoms with Crippen LogP contribution < -0.4 is 0 Å². The van der Waals surface area contributed by atoms with Crippen molar-refractivity contribution in [3.8, 4) is 0 Å². The summed E-state index contributed by atoms with van der Waals surface area (Å²) >= 11 is 0. The van der Waals surface area contributed by atoms with E-state index >= 15 is 0 Å². The van der Waals surface area contributed by atoms with Crippen molar-refractivity contribution in [1.29, 1.82) is 0 Å². The summed E-state index contributed by atoms with van der Waals surface area (Å²) in [6.45, 7) is 0.533. The van der Waals surface area contributed by atoms with Crippen molar-refractivity contribution in [2.45, 2.75) is 31.4 Å². The molecule has 1 N–H and O–H groups in total. The lowest BCUT2D eigenvalue weighted by Crippen LogP contribution is -2.32. The van der Waals surface area contributed by atoms with Crippen molar-refractivity contribution < 1.29 is 23.0 Å². The van der Waals surface area contributed by atoms with Crippen molar-refractivity contribution in [1.82, 2.24) is 0 Å². The van der Waals surface area contributed by atoms with Gasteiger partial charge in [-0.05, 0) is 18.4 Å². The molecule has 1 rings (SSSR count). The zero-order chi connectivity index (χ0) is 14.4. The molecule has 5 heteroatoms. The third-order valence-electron chi connectivity index (χ3n) is 3.36. The number of aliphatic hydroxyl groups excluding tert-OH is 1. The Hall–Kier alpha value is -1.07. The first-order valence-electron chi connectivity index (χ1n) is 6.24. The Morgan fingerprint density at radius 1 is 1.16 bits per heavy atom. The molecule has 0 saturated carbocycles. The standard InChI is InChI=1S/C14H19F3O2/c1-2-13(10-18,12-6-4-3-5-7-12)8-9-19-11-14(15,16)17/h3-7,18H,2,8-11H2,1H3. The lowest BCUT2D eigenvalue weighted by atomic mass is 9.76. The van der Waals surface area contributed by atoms with Crippen molar-refractivity contribution in [2.75, 3.05) is 19.8 Å². The Balaban J connectivity index is 2.63. The lowest BCUT2D eigenvalue weighted by Gasteiger charge is -2.31. The summed E-state index contributed by atoms with van der Waals surface area (Å²) in [7, 11) is 0. The van der Waals surface area contributed by atoms with Crippen LogP contribution in [0.25, 0.3) is 0 Å². The number of halogens is 3. The first kappa shape index (κ1) is 16.0. The third-order valence-corrected chi connectivity index (χ3v) is 3.36. The molecular formula is C14H19F3O2. The number of alkyl halides is 3. The van der Waals surface area contributed by atoms with Gasteiger partial charge in [0.05, 0.1) is 6.61 Å². The average Bonchev–Trinajstić information content (AvgIpc) is 2.39. The van der Waals surface area contributed by atoms with Gasteiger partial charge in [-0.3, -0.25) is 0 Å². The Kier molecular flexibility index (Phi) is 5.82. The lowest BCUT2D eigenvalue weighted by molar-refractivity contribution is -0.175. The highest BCUT2D eigenvalue weighted by molar-refractivity contribution is 5.25. The Labute approximate surface area is 111 Å². The van der Waals surface area contributed by atoms with Crippen molar-refractivity contribution in [2.24, 2.45) is 0 Å². The second kappa shape index (κ2) is 6.91. The van der Waals surface area contributed by atoms with Crippen LogP contribution >= 0.6 is 0 Å². The SMILES string of the molecule is CCC(CO)(CCOCC(F)(F)F)c1ccccc1. The fourth-order valence-electron chi connectivity index (χ4n) is 2.05. The molecule has 0 amide bonds. The van der Waals surface area contributed by atoms with E-state index in [1.165, 1.54) is 0 Å². The van der Waals surface area contributed by atoms with E-state index in [1.807, 2.05) is 37.3 Å². The summed E-state index contributed by atoms with van der Waals surface area (Å²) in [6, 6.07) is 9.33. The minimum atomic E-state index is -4.30. The quantitative estimate of drug-likeness (QED) is 0.774. The second-order valence-corrected chi connectivity index (χ2v) is 4.58. The average molecular weight is 276 g/mol. The van der Waals surface area contributed by atoms with Gasteiger partial charge in [-0.15, -0.1) is 0 Å². The zero-order valence-electron chi connectivity index (χ0n) is 10.9. The Morgan fingerprint density at radius 2 is 1.79 bits per heavy atom. The Bertz CT molecular complexity index is 359. The van der Waals surface area contributed by atoms with Crippen LogP contribution in [0, 0.1) is 0 Å². The molecule has 1 unspecified atom stereocenters. The molecular weight excluding hydrogens is 257 g/mol. The third kappa shape index (κ3) is 4.84. The van der Waals surface area contributed by atoms with Crippen LogP contribution in [0.5, 0.6) is 0 Å². The number of hydrogen-bond acceptors (Lipinski definition) is 2. The first-order chi connectivity index (χ1) is 8.93. The molecule has 0 aliphatic heterocycles. The van der Waals surface area contributed by atoms with Crippen LogP contribution in [0.1, 0.15) is 25.3 Å². The molecule has 2 nitrogen and oxygen atoms in total. The molecule has 108 valence electrons. The van der Waals surface area contributed by atoms with Crippen LogP contribution in [0.2, 0.25) is 0 Å². The molecule has 0 radical (unpaired) electrons. The van der Waals surface area contributed by atoms with E-state index in [9.17, 15) is 18.3 Å². The highest BCUT2D eigenvalue weighted by atomic mass is 19.4. The molecule has 0 saturated heterocycles. The van der Waals surface area contributed by atoms with Gasteiger partial charge in [0.15, 0.2) is 0 Å². The smallest absolute Gasteiger partial charge is 0.395 e. The highest BCUT2D eigenvalue weighted by Crippen LogP contribution is 2.31. The fourth-order valence-corrected chi connectivity index (χ4v) is 2.05. The molecule has 0 aromatic heterocycles. The summed E-state index contributed by atoms with van der Waals surface area (Å²) in [5, 5.41) is 9.61. The van der Waals surface area contributed by atoms with Gasteiger partial charge < -0.3 is 9.84 Å². The number of aliphatic hydroxyl groups is 1. The summed E-state index contributed by atoms with van der Waals surface area (Å²) in [6.07, 6.45) is -3.30.